The van der Waals surface area contributed by atoms with E-state index in [1.165, 1.54) is 0 Å². The summed E-state index contributed by atoms with van der Waals surface area (Å²) in [6.07, 6.45) is 0.281. The van der Waals surface area contributed by atoms with Gasteiger partial charge in [0, 0.05) is 29.4 Å². The molecule has 3 amide bonds. The number of aryl methyl sites for hydroxylation is 2. The maximum absolute atomic E-state index is 12.3. The number of hydrogen-bond donors (Lipinski definition) is 2. The van der Waals surface area contributed by atoms with Gasteiger partial charge in [0.05, 0.1) is 6.04 Å². The van der Waals surface area contributed by atoms with Crippen LogP contribution in [0.2, 0.25) is 5.02 Å². The van der Waals surface area contributed by atoms with Crippen molar-refractivity contribution >= 4 is 34.9 Å². The zero-order valence-corrected chi connectivity index (χ0v) is 14.9. The van der Waals surface area contributed by atoms with Crippen molar-refractivity contribution in [1.82, 2.24) is 5.32 Å². The third-order valence-electron chi connectivity index (χ3n) is 4.32. The third kappa shape index (κ3) is 3.94. The molecule has 0 spiro atoms. The topological polar surface area (TPSA) is 61.4 Å². The summed E-state index contributed by atoms with van der Waals surface area (Å²) in [6, 6.07) is 12.4. The highest BCUT2D eigenvalue weighted by Crippen LogP contribution is 2.24. The van der Waals surface area contributed by atoms with E-state index in [2.05, 4.69) is 10.6 Å². The van der Waals surface area contributed by atoms with E-state index < -0.39 is 0 Å². The maximum atomic E-state index is 12.3. The zero-order chi connectivity index (χ0) is 18.0. The Labute approximate surface area is 152 Å². The molecule has 1 atom stereocenters. The Morgan fingerprint density at radius 1 is 1.12 bits per heavy atom. The number of carbonyl (C=O) groups excluding carboxylic acids is 2. The number of hydrogen-bond acceptors (Lipinski definition) is 2. The second-order valence-corrected chi connectivity index (χ2v) is 6.68. The van der Waals surface area contributed by atoms with E-state index in [0.717, 1.165) is 22.5 Å². The molecular weight excluding hydrogens is 338 g/mol. The summed E-state index contributed by atoms with van der Waals surface area (Å²) in [7, 11) is 0. The Bertz CT molecular complexity index is 785. The summed E-state index contributed by atoms with van der Waals surface area (Å²) in [4.78, 5) is 26.2. The van der Waals surface area contributed by atoms with Crippen LogP contribution in [-0.4, -0.2) is 24.5 Å². The summed E-state index contributed by atoms with van der Waals surface area (Å²) in [6.45, 7) is 4.34. The van der Waals surface area contributed by atoms with Crippen LogP contribution in [0.5, 0.6) is 0 Å². The van der Waals surface area contributed by atoms with Gasteiger partial charge >= 0.3 is 6.03 Å². The molecule has 2 aromatic carbocycles. The third-order valence-corrected chi connectivity index (χ3v) is 4.57. The lowest BCUT2D eigenvalue weighted by Gasteiger charge is -2.18. The number of nitrogens with zero attached hydrogens (tertiary/aromatic N) is 1. The second-order valence-electron chi connectivity index (χ2n) is 6.25. The molecule has 0 radical (unpaired) electrons. The number of amides is 3. The first-order valence-corrected chi connectivity index (χ1v) is 8.51. The van der Waals surface area contributed by atoms with Crippen LogP contribution in [0.25, 0.3) is 0 Å². The predicted octanol–water partition coefficient (Wildman–Crippen LogP) is 3.88. The number of anilines is 2. The van der Waals surface area contributed by atoms with Crippen molar-refractivity contribution in [2.24, 2.45) is 0 Å². The number of urea groups is 1. The lowest BCUT2D eigenvalue weighted by Crippen LogP contribution is -2.40. The van der Waals surface area contributed by atoms with Gasteiger partial charge in [-0.3, -0.25) is 4.79 Å². The van der Waals surface area contributed by atoms with Gasteiger partial charge < -0.3 is 15.5 Å². The Balaban J connectivity index is 1.63. The lowest BCUT2D eigenvalue weighted by molar-refractivity contribution is -0.117. The van der Waals surface area contributed by atoms with E-state index in [0.29, 0.717) is 11.6 Å². The van der Waals surface area contributed by atoms with Crippen LogP contribution in [0.3, 0.4) is 0 Å². The molecule has 1 heterocycles. The molecular formula is C19H20ClN3O2. The van der Waals surface area contributed by atoms with Crippen LogP contribution in [0, 0.1) is 13.8 Å². The summed E-state index contributed by atoms with van der Waals surface area (Å²) in [5, 5.41) is 6.39. The smallest absolute Gasteiger partial charge is 0.319 e. The Kier molecular flexibility index (Phi) is 4.95. The maximum Gasteiger partial charge on any atom is 0.319 e. The first-order valence-electron chi connectivity index (χ1n) is 8.13. The van der Waals surface area contributed by atoms with Crippen LogP contribution < -0.4 is 15.5 Å². The Morgan fingerprint density at radius 3 is 2.40 bits per heavy atom. The van der Waals surface area contributed by atoms with Crippen LogP contribution >= 0.6 is 11.6 Å². The minimum atomic E-state index is -0.298. The van der Waals surface area contributed by atoms with Crippen LogP contribution in [-0.2, 0) is 4.79 Å². The van der Waals surface area contributed by atoms with E-state index >= 15 is 0 Å². The Hall–Kier alpha value is -2.53. The van der Waals surface area contributed by atoms with Gasteiger partial charge in [-0.15, -0.1) is 0 Å². The summed E-state index contributed by atoms with van der Waals surface area (Å²) in [5.41, 5.74) is 3.59. The molecule has 1 aliphatic heterocycles. The van der Waals surface area contributed by atoms with Gasteiger partial charge in [-0.25, -0.2) is 4.79 Å². The summed E-state index contributed by atoms with van der Waals surface area (Å²) in [5.74, 6) is -0.0142. The number of nitrogens with one attached hydrogen (secondary N) is 2. The van der Waals surface area contributed by atoms with E-state index in [-0.39, 0.29) is 24.4 Å². The van der Waals surface area contributed by atoms with Gasteiger partial charge in [-0.2, -0.15) is 0 Å². The first-order chi connectivity index (χ1) is 11.9. The predicted molar refractivity (Wildman–Crippen MR) is 100 cm³/mol. The molecule has 0 aliphatic carbocycles. The van der Waals surface area contributed by atoms with Crippen LogP contribution in [0.15, 0.2) is 42.5 Å². The van der Waals surface area contributed by atoms with Crippen LogP contribution in [0.4, 0.5) is 16.2 Å². The van der Waals surface area contributed by atoms with Crippen molar-refractivity contribution in [2.45, 2.75) is 26.3 Å². The van der Waals surface area contributed by atoms with E-state index in [9.17, 15) is 9.59 Å². The molecule has 5 nitrogen and oxygen atoms in total. The number of halogens is 1. The normalized spacial score (nSPS) is 16.8. The first kappa shape index (κ1) is 17.3. The number of carbonyl (C=O) groups is 2. The van der Waals surface area contributed by atoms with Crippen molar-refractivity contribution in [1.29, 1.82) is 0 Å². The van der Waals surface area contributed by atoms with E-state index in [1.54, 1.807) is 29.2 Å². The fourth-order valence-corrected chi connectivity index (χ4v) is 3.15. The fraction of sp³-hybridized carbons (Fsp3) is 0.263. The number of benzene rings is 2. The van der Waals surface area contributed by atoms with Gasteiger partial charge in [0.25, 0.3) is 0 Å². The van der Waals surface area contributed by atoms with Crippen molar-refractivity contribution in [3.8, 4) is 0 Å². The highest BCUT2D eigenvalue weighted by molar-refractivity contribution is 6.30. The summed E-state index contributed by atoms with van der Waals surface area (Å²) < 4.78 is 0. The second kappa shape index (κ2) is 7.15. The number of para-hydroxylation sites is 1. The zero-order valence-electron chi connectivity index (χ0n) is 14.2. The average molecular weight is 358 g/mol. The van der Waals surface area contributed by atoms with E-state index in [1.807, 2.05) is 32.0 Å². The molecule has 0 bridgehead atoms. The van der Waals surface area contributed by atoms with Crippen molar-refractivity contribution < 1.29 is 9.59 Å². The molecule has 3 rings (SSSR count). The van der Waals surface area contributed by atoms with Gasteiger partial charge in [0.1, 0.15) is 0 Å². The molecule has 2 N–H and O–H groups in total. The van der Waals surface area contributed by atoms with Gasteiger partial charge in [0.2, 0.25) is 5.91 Å². The molecule has 1 saturated heterocycles. The minimum Gasteiger partial charge on any atom is -0.333 e. The van der Waals surface area contributed by atoms with Crippen LogP contribution in [0.1, 0.15) is 17.5 Å². The highest BCUT2D eigenvalue weighted by Gasteiger charge is 2.31. The molecule has 6 heteroatoms. The number of rotatable bonds is 3. The molecule has 1 fully saturated rings. The van der Waals surface area contributed by atoms with Crippen molar-refractivity contribution in [3.05, 3.63) is 58.6 Å². The van der Waals surface area contributed by atoms with Gasteiger partial charge in [-0.1, -0.05) is 29.8 Å². The van der Waals surface area contributed by atoms with Crippen molar-refractivity contribution in [3.63, 3.8) is 0 Å². The fourth-order valence-electron chi connectivity index (χ4n) is 3.02. The molecule has 25 heavy (non-hydrogen) atoms. The average Bonchev–Trinajstić information content (AvgIpc) is 2.92. The van der Waals surface area contributed by atoms with Crippen molar-refractivity contribution in [2.75, 3.05) is 16.8 Å². The molecule has 1 unspecified atom stereocenters. The van der Waals surface area contributed by atoms with Gasteiger partial charge in [-0.05, 0) is 49.2 Å². The molecule has 1 aliphatic rings. The SMILES string of the molecule is Cc1cccc(C)c1NC(=O)NC1CC(=O)N(c2ccc(Cl)cc2)C1. The largest absolute Gasteiger partial charge is 0.333 e. The van der Waals surface area contributed by atoms with E-state index in [4.69, 9.17) is 11.6 Å². The lowest BCUT2D eigenvalue weighted by atomic mass is 10.1. The molecule has 2 aromatic rings. The Morgan fingerprint density at radius 2 is 1.76 bits per heavy atom. The molecule has 130 valence electrons. The summed E-state index contributed by atoms with van der Waals surface area (Å²) >= 11 is 5.89. The highest BCUT2D eigenvalue weighted by atomic mass is 35.5. The quantitative estimate of drug-likeness (QED) is 0.875. The minimum absolute atomic E-state index is 0.0142. The molecule has 0 saturated carbocycles. The standard InChI is InChI=1S/C19H20ClN3O2/c1-12-4-3-5-13(2)18(12)22-19(25)21-15-10-17(24)23(11-15)16-8-6-14(20)7-9-16/h3-9,15H,10-11H2,1-2H3,(H2,21,22,25). The monoisotopic (exact) mass is 357 g/mol. The van der Waals surface area contributed by atoms with Gasteiger partial charge in [0.15, 0.2) is 0 Å². The molecule has 0 aromatic heterocycles.